The molecule has 26 heavy (non-hydrogen) atoms. The zero-order chi connectivity index (χ0) is 18.8. The molecule has 3 rings (SSSR count). The summed E-state index contributed by atoms with van der Waals surface area (Å²) in [7, 11) is 0. The molecule has 1 heterocycles. The molecule has 0 bridgehead atoms. The molecule has 3 nitrogen and oxygen atoms in total. The van der Waals surface area contributed by atoms with E-state index in [1.54, 1.807) is 18.2 Å². The maximum Gasteiger partial charge on any atom is 0.239 e. The Morgan fingerprint density at radius 2 is 1.58 bits per heavy atom. The Balaban J connectivity index is 2.29. The Kier molecular flexibility index (Phi) is 5.25. The molecule has 0 fully saturated rings. The van der Waals surface area contributed by atoms with Gasteiger partial charge in [-0.25, -0.2) is 8.97 Å². The van der Waals surface area contributed by atoms with E-state index in [0.29, 0.717) is 59.5 Å². The summed E-state index contributed by atoms with van der Waals surface area (Å²) in [6.07, 6.45) is 0. The maximum absolute atomic E-state index is 14.5. The summed E-state index contributed by atoms with van der Waals surface area (Å²) in [5.41, 5.74) is 1.75. The standard InChI is InChI=1S/C21H25F2N2O/c1-5-24(6-2)18-12-20-14(10-16(18)22)9-15-11-17(23)19(13-21(15)26-20)25(7-3)8-4/h9-13H,5-8H2,1-4H3/q+1. The summed E-state index contributed by atoms with van der Waals surface area (Å²) in [5, 5.41) is 1.15. The van der Waals surface area contributed by atoms with Gasteiger partial charge in [-0.2, -0.15) is 4.39 Å². The van der Waals surface area contributed by atoms with Gasteiger partial charge in [0.15, 0.2) is 5.82 Å². The molecule has 0 aromatic heterocycles. The molecule has 1 aliphatic heterocycles. The first kappa shape index (κ1) is 18.4. The fourth-order valence-corrected chi connectivity index (χ4v) is 3.42. The lowest BCUT2D eigenvalue weighted by Gasteiger charge is -2.22. The highest BCUT2D eigenvalue weighted by molar-refractivity contribution is 5.85. The zero-order valence-electron chi connectivity index (χ0n) is 15.8. The van der Waals surface area contributed by atoms with Crippen LogP contribution >= 0.6 is 0 Å². The molecule has 0 saturated heterocycles. The number of anilines is 1. The maximum atomic E-state index is 14.5. The van der Waals surface area contributed by atoms with Crippen molar-refractivity contribution in [1.82, 2.24) is 4.58 Å². The van der Waals surface area contributed by atoms with Crippen LogP contribution in [-0.2, 0) is 0 Å². The molecule has 138 valence electrons. The Morgan fingerprint density at radius 3 is 2.19 bits per heavy atom. The van der Waals surface area contributed by atoms with E-state index in [4.69, 9.17) is 4.42 Å². The first-order valence-corrected chi connectivity index (χ1v) is 9.21. The molecule has 2 aliphatic rings. The molecule has 1 aromatic carbocycles. The average Bonchev–Trinajstić information content (AvgIpc) is 2.63. The van der Waals surface area contributed by atoms with Gasteiger partial charge in [0, 0.05) is 30.1 Å². The van der Waals surface area contributed by atoms with Gasteiger partial charge in [0.05, 0.1) is 11.8 Å². The molecule has 0 amide bonds. The topological polar surface area (TPSA) is 19.4 Å². The minimum atomic E-state index is -0.295. The van der Waals surface area contributed by atoms with Crippen LogP contribution in [0.4, 0.5) is 14.5 Å². The van der Waals surface area contributed by atoms with Crippen molar-refractivity contribution in [2.24, 2.45) is 0 Å². The van der Waals surface area contributed by atoms with Crippen molar-refractivity contribution in [2.45, 2.75) is 27.7 Å². The van der Waals surface area contributed by atoms with E-state index in [2.05, 4.69) is 0 Å². The van der Waals surface area contributed by atoms with Crippen molar-refractivity contribution in [1.29, 1.82) is 0 Å². The van der Waals surface area contributed by atoms with Crippen molar-refractivity contribution in [3.05, 3.63) is 47.3 Å². The van der Waals surface area contributed by atoms with E-state index in [0.717, 1.165) is 0 Å². The Morgan fingerprint density at radius 1 is 0.885 bits per heavy atom. The van der Waals surface area contributed by atoms with Crippen molar-refractivity contribution in [3.8, 4) is 11.3 Å². The molecule has 0 saturated carbocycles. The number of nitrogens with zero attached hydrogens (tertiary/aromatic N) is 2. The van der Waals surface area contributed by atoms with Gasteiger partial charge in [0.25, 0.3) is 0 Å². The molecular formula is C21H25F2N2O+. The monoisotopic (exact) mass is 359 g/mol. The lowest BCUT2D eigenvalue weighted by molar-refractivity contribution is 0.545. The van der Waals surface area contributed by atoms with Gasteiger partial charge >= 0.3 is 0 Å². The van der Waals surface area contributed by atoms with Crippen LogP contribution in [0.15, 0.2) is 34.7 Å². The highest BCUT2D eigenvalue weighted by Crippen LogP contribution is 2.32. The van der Waals surface area contributed by atoms with Gasteiger partial charge in [0.2, 0.25) is 5.36 Å². The zero-order valence-corrected chi connectivity index (χ0v) is 15.8. The number of fused-ring (bicyclic) bond motifs is 2. The van der Waals surface area contributed by atoms with Gasteiger partial charge in [-0.05, 0) is 45.9 Å². The lowest BCUT2D eigenvalue weighted by Crippen LogP contribution is -2.32. The van der Waals surface area contributed by atoms with E-state index >= 15 is 0 Å². The predicted molar refractivity (Wildman–Crippen MR) is 103 cm³/mol. The Bertz CT molecular complexity index is 968. The van der Waals surface area contributed by atoms with Crippen molar-refractivity contribution in [3.63, 3.8) is 0 Å². The third-order valence-corrected chi connectivity index (χ3v) is 4.90. The smallest absolute Gasteiger partial charge is 0.239 e. The number of hydrogen-bond acceptors (Lipinski definition) is 2. The van der Waals surface area contributed by atoms with Gasteiger partial charge < -0.3 is 9.32 Å². The van der Waals surface area contributed by atoms with Gasteiger partial charge in [-0.1, -0.05) is 0 Å². The number of rotatable bonds is 5. The second-order valence-corrected chi connectivity index (χ2v) is 6.27. The molecule has 0 spiro atoms. The number of hydrogen-bond donors (Lipinski definition) is 0. The van der Waals surface area contributed by atoms with Gasteiger partial charge in [0.1, 0.15) is 30.3 Å². The minimum Gasteiger partial charge on any atom is -0.456 e. The molecule has 0 N–H and O–H groups in total. The van der Waals surface area contributed by atoms with E-state index in [1.807, 2.05) is 37.2 Å². The first-order valence-electron chi connectivity index (χ1n) is 9.21. The summed E-state index contributed by atoms with van der Waals surface area (Å²) in [4.78, 5) is 1.94. The Hall–Kier alpha value is -2.43. The van der Waals surface area contributed by atoms with Crippen LogP contribution in [0, 0.1) is 11.6 Å². The first-order chi connectivity index (χ1) is 12.5. The lowest BCUT2D eigenvalue weighted by atomic mass is 10.1. The normalized spacial score (nSPS) is 11.3. The summed E-state index contributed by atoms with van der Waals surface area (Å²) in [5.74, 6) is 0.00451. The van der Waals surface area contributed by atoms with Crippen molar-refractivity contribution in [2.75, 3.05) is 31.1 Å². The molecule has 5 heteroatoms. The molecule has 0 unspecified atom stereocenters. The van der Waals surface area contributed by atoms with Crippen LogP contribution in [0.2, 0.25) is 0 Å². The van der Waals surface area contributed by atoms with Crippen molar-refractivity contribution >= 4 is 16.7 Å². The van der Waals surface area contributed by atoms with E-state index < -0.39 is 0 Å². The van der Waals surface area contributed by atoms with Crippen LogP contribution in [0.1, 0.15) is 27.7 Å². The molecule has 1 aliphatic carbocycles. The van der Waals surface area contributed by atoms with Crippen LogP contribution in [0.5, 0.6) is 0 Å². The van der Waals surface area contributed by atoms with Crippen LogP contribution in [-0.4, -0.2) is 26.2 Å². The van der Waals surface area contributed by atoms with Crippen LogP contribution < -0.4 is 14.8 Å². The predicted octanol–water partition coefficient (Wildman–Crippen LogP) is 4.47. The minimum absolute atomic E-state index is 0.295. The van der Waals surface area contributed by atoms with Gasteiger partial charge in [-0.3, -0.25) is 0 Å². The average molecular weight is 359 g/mol. The number of halogens is 2. The van der Waals surface area contributed by atoms with Crippen molar-refractivity contribution < 1.29 is 13.2 Å². The van der Waals surface area contributed by atoms with Crippen LogP contribution in [0.25, 0.3) is 22.3 Å². The molecular weight excluding hydrogens is 334 g/mol. The summed E-state index contributed by atoms with van der Waals surface area (Å²) < 4.78 is 37.0. The SMILES string of the molecule is CCN(CC)c1cc2oc3cc(=[N+](CC)CC)c(F)cc-3cc2cc1F. The third-order valence-electron chi connectivity index (χ3n) is 4.90. The van der Waals surface area contributed by atoms with Crippen LogP contribution in [0.3, 0.4) is 0 Å². The van der Waals surface area contributed by atoms with E-state index in [-0.39, 0.29) is 11.6 Å². The highest BCUT2D eigenvalue weighted by Gasteiger charge is 2.17. The second kappa shape index (κ2) is 7.44. The quantitative estimate of drug-likeness (QED) is 0.494. The third kappa shape index (κ3) is 3.18. The summed E-state index contributed by atoms with van der Waals surface area (Å²) in [6.45, 7) is 10.8. The van der Waals surface area contributed by atoms with Gasteiger partial charge in [-0.15, -0.1) is 0 Å². The fraction of sp³-hybridized carbons (Fsp3) is 0.381. The van der Waals surface area contributed by atoms with E-state index in [1.165, 1.54) is 12.1 Å². The molecule has 0 atom stereocenters. The largest absolute Gasteiger partial charge is 0.456 e. The Labute approximate surface area is 152 Å². The summed E-state index contributed by atoms with van der Waals surface area (Å²) >= 11 is 0. The fourth-order valence-electron chi connectivity index (χ4n) is 3.42. The highest BCUT2D eigenvalue weighted by atomic mass is 19.1. The number of benzene rings is 2. The molecule has 0 radical (unpaired) electrons. The second-order valence-electron chi connectivity index (χ2n) is 6.27. The molecule has 1 aromatic rings. The van der Waals surface area contributed by atoms with E-state index in [9.17, 15) is 8.78 Å². The summed E-state index contributed by atoms with van der Waals surface area (Å²) in [6, 6.07) is 8.16.